The maximum atomic E-state index is 2.39. The van der Waals surface area contributed by atoms with Crippen molar-refractivity contribution in [2.24, 2.45) is 11.8 Å². The Morgan fingerprint density at radius 1 is 0.812 bits per heavy atom. The van der Waals surface area contributed by atoms with Gasteiger partial charge in [0.15, 0.2) is 0 Å². The highest BCUT2D eigenvalue weighted by atomic mass is 14.1. The molecular formula is C16H32. The van der Waals surface area contributed by atoms with E-state index >= 15 is 0 Å². The van der Waals surface area contributed by atoms with Crippen molar-refractivity contribution in [1.82, 2.24) is 0 Å². The molecule has 0 aliphatic carbocycles. The van der Waals surface area contributed by atoms with Gasteiger partial charge in [0.1, 0.15) is 0 Å². The van der Waals surface area contributed by atoms with Crippen LogP contribution < -0.4 is 0 Å². The summed E-state index contributed by atoms with van der Waals surface area (Å²) in [6, 6.07) is 0. The van der Waals surface area contributed by atoms with Crippen LogP contribution in [0.5, 0.6) is 0 Å². The molecule has 16 heavy (non-hydrogen) atoms. The van der Waals surface area contributed by atoms with Gasteiger partial charge in [-0.1, -0.05) is 72.0 Å². The largest absolute Gasteiger partial charge is 0.0885 e. The first-order chi connectivity index (χ1) is 7.68. The van der Waals surface area contributed by atoms with Gasteiger partial charge in [0, 0.05) is 0 Å². The predicted molar refractivity (Wildman–Crippen MR) is 75.8 cm³/mol. The van der Waals surface area contributed by atoms with E-state index in [-0.39, 0.29) is 0 Å². The fourth-order valence-electron chi connectivity index (χ4n) is 1.74. The molecule has 1 unspecified atom stereocenters. The van der Waals surface area contributed by atoms with E-state index in [2.05, 4.69) is 39.8 Å². The lowest BCUT2D eigenvalue weighted by atomic mass is 9.94. The van der Waals surface area contributed by atoms with Gasteiger partial charge in [0.05, 0.1) is 0 Å². The molecule has 0 heteroatoms. The smallest absolute Gasteiger partial charge is 0.0322 e. The Morgan fingerprint density at radius 3 is 2.06 bits per heavy atom. The molecule has 0 N–H and O–H groups in total. The Kier molecular flexibility index (Phi) is 11.0. The number of rotatable bonds is 10. The molecule has 0 aromatic heterocycles. The molecule has 1 atom stereocenters. The van der Waals surface area contributed by atoms with Gasteiger partial charge in [0.25, 0.3) is 0 Å². The van der Waals surface area contributed by atoms with E-state index in [1.807, 2.05) is 0 Å². The lowest BCUT2D eigenvalue weighted by Crippen LogP contribution is -2.01. The minimum absolute atomic E-state index is 0.818. The molecule has 0 radical (unpaired) electrons. The topological polar surface area (TPSA) is 0 Å². The fraction of sp³-hybridized carbons (Fsp3) is 0.875. The molecule has 0 heterocycles. The molecule has 0 saturated carbocycles. The second kappa shape index (κ2) is 11.2. The van der Waals surface area contributed by atoms with Crippen LogP contribution in [0.4, 0.5) is 0 Å². The lowest BCUT2D eigenvalue weighted by molar-refractivity contribution is 0.423. The van der Waals surface area contributed by atoms with Crippen LogP contribution in [0.25, 0.3) is 0 Å². The summed E-state index contributed by atoms with van der Waals surface area (Å²) < 4.78 is 0. The normalized spacial score (nSPS) is 13.8. The standard InChI is InChI=1S/C16H32/c1-5-6-7-8-9-10-11-12-13-14-16(4)15(2)3/h12-13,15-16H,5-11,14H2,1-4H3. The van der Waals surface area contributed by atoms with Crippen LogP contribution in [0.3, 0.4) is 0 Å². The molecule has 0 rings (SSSR count). The number of hydrogen-bond acceptors (Lipinski definition) is 0. The molecule has 0 fully saturated rings. The molecule has 0 aromatic rings. The summed E-state index contributed by atoms with van der Waals surface area (Å²) in [6.07, 6.45) is 15.8. The van der Waals surface area contributed by atoms with Crippen molar-refractivity contribution in [1.29, 1.82) is 0 Å². The Morgan fingerprint density at radius 2 is 1.44 bits per heavy atom. The van der Waals surface area contributed by atoms with Crippen LogP contribution in [0, 0.1) is 11.8 Å². The monoisotopic (exact) mass is 224 g/mol. The number of hydrogen-bond donors (Lipinski definition) is 0. The minimum Gasteiger partial charge on any atom is -0.0885 e. The molecule has 0 amide bonds. The molecule has 0 bridgehead atoms. The van der Waals surface area contributed by atoms with Gasteiger partial charge in [0.2, 0.25) is 0 Å². The molecular weight excluding hydrogens is 192 g/mol. The van der Waals surface area contributed by atoms with Gasteiger partial charge < -0.3 is 0 Å². The second-order valence-corrected chi connectivity index (χ2v) is 5.48. The molecule has 0 aromatic carbocycles. The van der Waals surface area contributed by atoms with Crippen molar-refractivity contribution < 1.29 is 0 Å². The number of unbranched alkanes of at least 4 members (excludes halogenated alkanes) is 6. The van der Waals surface area contributed by atoms with Crippen LogP contribution >= 0.6 is 0 Å². The maximum absolute atomic E-state index is 2.39. The summed E-state index contributed by atoms with van der Waals surface area (Å²) in [4.78, 5) is 0. The van der Waals surface area contributed by atoms with E-state index in [1.165, 1.54) is 51.4 Å². The van der Waals surface area contributed by atoms with Crippen LogP contribution in [0.2, 0.25) is 0 Å². The Bertz CT molecular complexity index is 155. The third kappa shape index (κ3) is 10.3. The van der Waals surface area contributed by atoms with E-state index in [0.717, 1.165) is 11.8 Å². The van der Waals surface area contributed by atoms with Crippen molar-refractivity contribution in [3.8, 4) is 0 Å². The molecule has 0 aliphatic heterocycles. The van der Waals surface area contributed by atoms with Gasteiger partial charge >= 0.3 is 0 Å². The highest BCUT2D eigenvalue weighted by Gasteiger charge is 2.03. The van der Waals surface area contributed by atoms with Gasteiger partial charge in [-0.2, -0.15) is 0 Å². The predicted octanol–water partition coefficient (Wildman–Crippen LogP) is 5.98. The van der Waals surface area contributed by atoms with Gasteiger partial charge in [-0.25, -0.2) is 0 Å². The lowest BCUT2D eigenvalue weighted by Gasteiger charge is -2.11. The molecule has 0 spiro atoms. The zero-order chi connectivity index (χ0) is 12.2. The first-order valence-corrected chi connectivity index (χ1v) is 7.33. The molecule has 0 saturated heterocycles. The summed E-state index contributed by atoms with van der Waals surface area (Å²) in [5, 5.41) is 0. The highest BCUT2D eigenvalue weighted by molar-refractivity contribution is 4.83. The van der Waals surface area contributed by atoms with Crippen LogP contribution in [-0.4, -0.2) is 0 Å². The van der Waals surface area contributed by atoms with E-state index in [1.54, 1.807) is 0 Å². The zero-order valence-electron chi connectivity index (χ0n) is 12.0. The third-order valence-corrected chi connectivity index (χ3v) is 3.54. The van der Waals surface area contributed by atoms with Crippen molar-refractivity contribution in [3.05, 3.63) is 12.2 Å². The first-order valence-electron chi connectivity index (χ1n) is 7.33. The quantitative estimate of drug-likeness (QED) is 0.316. The van der Waals surface area contributed by atoms with E-state index in [4.69, 9.17) is 0 Å². The van der Waals surface area contributed by atoms with Crippen molar-refractivity contribution in [2.75, 3.05) is 0 Å². The van der Waals surface area contributed by atoms with Gasteiger partial charge in [-0.3, -0.25) is 0 Å². The van der Waals surface area contributed by atoms with E-state index < -0.39 is 0 Å². The van der Waals surface area contributed by atoms with E-state index in [9.17, 15) is 0 Å². The van der Waals surface area contributed by atoms with E-state index in [0.29, 0.717) is 0 Å². The summed E-state index contributed by atoms with van der Waals surface area (Å²) in [5.74, 6) is 1.65. The van der Waals surface area contributed by atoms with Crippen LogP contribution in [0.1, 0.15) is 79.1 Å². The van der Waals surface area contributed by atoms with Crippen molar-refractivity contribution in [2.45, 2.75) is 79.1 Å². The van der Waals surface area contributed by atoms with Crippen LogP contribution in [0.15, 0.2) is 12.2 Å². The molecule has 0 nitrogen and oxygen atoms in total. The summed E-state index contributed by atoms with van der Waals surface area (Å²) in [7, 11) is 0. The second-order valence-electron chi connectivity index (χ2n) is 5.48. The molecule has 96 valence electrons. The Hall–Kier alpha value is -0.260. The average molecular weight is 224 g/mol. The fourth-order valence-corrected chi connectivity index (χ4v) is 1.74. The average Bonchev–Trinajstić information content (AvgIpc) is 2.26. The SMILES string of the molecule is CCCCCCCCC=CCC(C)C(C)C. The maximum Gasteiger partial charge on any atom is -0.0322 e. The zero-order valence-corrected chi connectivity index (χ0v) is 12.0. The minimum atomic E-state index is 0.818. The summed E-state index contributed by atoms with van der Waals surface area (Å²) in [5.41, 5.74) is 0. The first kappa shape index (κ1) is 15.7. The summed E-state index contributed by atoms with van der Waals surface area (Å²) >= 11 is 0. The third-order valence-electron chi connectivity index (χ3n) is 3.54. The Balaban J connectivity index is 3.21. The van der Waals surface area contributed by atoms with Gasteiger partial charge in [-0.15, -0.1) is 0 Å². The summed E-state index contributed by atoms with van der Waals surface area (Å²) in [6.45, 7) is 9.25. The Labute approximate surface area is 104 Å². The van der Waals surface area contributed by atoms with Crippen LogP contribution in [-0.2, 0) is 0 Å². The molecule has 0 aliphatic rings. The van der Waals surface area contributed by atoms with Gasteiger partial charge in [-0.05, 0) is 31.1 Å². The van der Waals surface area contributed by atoms with Crippen molar-refractivity contribution >= 4 is 0 Å². The van der Waals surface area contributed by atoms with Crippen molar-refractivity contribution in [3.63, 3.8) is 0 Å². The highest BCUT2D eigenvalue weighted by Crippen LogP contribution is 2.14. The number of allylic oxidation sites excluding steroid dienone is 2.